The zero-order valence-corrected chi connectivity index (χ0v) is 15.0. The van der Waals surface area contributed by atoms with Crippen molar-refractivity contribution in [3.05, 3.63) is 35.9 Å². The van der Waals surface area contributed by atoms with Crippen molar-refractivity contribution in [2.24, 2.45) is 8.22 Å². The molecule has 0 aliphatic rings. The van der Waals surface area contributed by atoms with Crippen molar-refractivity contribution < 1.29 is 0 Å². The second kappa shape index (κ2) is 6.52. The standard InChI is InChI=1S/C14H20N.Tl/c1-4-14(3,12(2)15)11-10-13-8-6-5-7-9-13;/h5-9H,4,10-11H2,1-3H3;/q-1;+1. The molecule has 0 aliphatic carbocycles. The maximum atomic E-state index is 4.53. The predicted octanol–water partition coefficient (Wildman–Crippen LogP) is 3.58. The van der Waals surface area contributed by atoms with E-state index in [1.165, 1.54) is 24.1 Å². The Balaban J connectivity index is 2.65. The van der Waals surface area contributed by atoms with Crippen LogP contribution in [0.1, 0.15) is 39.2 Å². The number of benzene rings is 1. The molecule has 2 heteroatoms. The van der Waals surface area contributed by atoms with Gasteiger partial charge in [-0.2, -0.15) is 0 Å². The van der Waals surface area contributed by atoms with Crippen LogP contribution in [0.25, 0.3) is 0 Å². The SMILES string of the molecule is CCC(C)(CCc1ccccc1)/C(C)=[N]/[Tl]. The van der Waals surface area contributed by atoms with Crippen molar-refractivity contribution in [2.75, 3.05) is 0 Å². The van der Waals surface area contributed by atoms with Gasteiger partial charge in [0.15, 0.2) is 0 Å². The van der Waals surface area contributed by atoms with Gasteiger partial charge in [-0.15, -0.1) is 0 Å². The van der Waals surface area contributed by atoms with Gasteiger partial charge in [0.2, 0.25) is 0 Å². The van der Waals surface area contributed by atoms with Gasteiger partial charge < -0.3 is 0 Å². The quantitative estimate of drug-likeness (QED) is 0.523. The molecule has 1 unspecified atom stereocenters. The minimum absolute atomic E-state index is 0.296. The first kappa shape index (κ1) is 13.9. The second-order valence-corrected chi connectivity index (χ2v) is 5.62. The summed E-state index contributed by atoms with van der Waals surface area (Å²) in [5.41, 5.74) is 3.08. The summed E-state index contributed by atoms with van der Waals surface area (Å²) in [5, 5.41) is 0. The Morgan fingerprint density at radius 2 is 1.94 bits per heavy atom. The van der Waals surface area contributed by atoms with Crippen LogP contribution in [0.5, 0.6) is 0 Å². The van der Waals surface area contributed by atoms with Gasteiger partial charge in [-0.05, 0) is 0 Å². The number of hydrogen-bond donors (Lipinski definition) is 0. The second-order valence-electron chi connectivity index (χ2n) is 4.61. The van der Waals surface area contributed by atoms with E-state index in [2.05, 4.69) is 53.9 Å². The molecular formula is C14H20NTl. The molecule has 0 aromatic heterocycles. The molecule has 0 radical (unpaired) electrons. The van der Waals surface area contributed by atoms with Crippen LogP contribution in [0.4, 0.5) is 0 Å². The molecule has 0 N–H and O–H groups in total. The van der Waals surface area contributed by atoms with Gasteiger partial charge in [-0.1, -0.05) is 0 Å². The van der Waals surface area contributed by atoms with E-state index in [0.29, 0.717) is 5.41 Å². The third-order valence-electron chi connectivity index (χ3n) is 3.66. The van der Waals surface area contributed by atoms with Gasteiger partial charge in [-0.25, -0.2) is 0 Å². The van der Waals surface area contributed by atoms with Crippen molar-refractivity contribution >= 4 is 31.8 Å². The number of aryl methyl sites for hydroxylation is 1. The molecule has 1 atom stereocenters. The average molecular weight is 407 g/mol. The summed E-state index contributed by atoms with van der Waals surface area (Å²) in [4.78, 5) is 0. The Kier molecular flexibility index (Phi) is 5.66. The molecule has 84 valence electrons. The Morgan fingerprint density at radius 3 is 2.44 bits per heavy atom. The maximum absolute atomic E-state index is 4.53. The normalized spacial score (nSPS) is 15.8. The Bertz CT molecular complexity index is 345. The fraction of sp³-hybridized carbons (Fsp3) is 0.500. The van der Waals surface area contributed by atoms with Crippen LogP contribution in [0.15, 0.2) is 33.1 Å². The van der Waals surface area contributed by atoms with Crippen LogP contribution in [0.3, 0.4) is 0 Å². The van der Waals surface area contributed by atoms with Crippen molar-refractivity contribution in [3.8, 4) is 0 Å². The van der Waals surface area contributed by atoms with E-state index in [4.69, 9.17) is 0 Å². The molecule has 16 heavy (non-hydrogen) atoms. The molecule has 0 bridgehead atoms. The Morgan fingerprint density at radius 1 is 1.31 bits per heavy atom. The van der Waals surface area contributed by atoms with Crippen LogP contribution < -0.4 is 0 Å². The molecular weight excluding hydrogens is 387 g/mol. The van der Waals surface area contributed by atoms with E-state index in [9.17, 15) is 0 Å². The third kappa shape index (κ3) is 3.68. The molecule has 0 saturated heterocycles. The fourth-order valence-corrected chi connectivity index (χ4v) is 3.05. The van der Waals surface area contributed by atoms with Crippen LogP contribution >= 0.6 is 0 Å². The summed E-state index contributed by atoms with van der Waals surface area (Å²) >= 11 is 0.729. The summed E-state index contributed by atoms with van der Waals surface area (Å²) in [6, 6.07) is 10.7. The first-order valence-corrected chi connectivity index (χ1v) is 7.92. The first-order valence-electron chi connectivity index (χ1n) is 5.91. The topological polar surface area (TPSA) is 12.4 Å². The third-order valence-corrected chi connectivity index (χ3v) is 5.16. The molecule has 1 aromatic rings. The summed E-state index contributed by atoms with van der Waals surface area (Å²) in [6.45, 7) is 6.80. The molecule has 0 fully saturated rings. The Labute approximate surface area is 115 Å². The van der Waals surface area contributed by atoms with Gasteiger partial charge in [0, 0.05) is 0 Å². The molecule has 0 heterocycles. The van der Waals surface area contributed by atoms with Crippen molar-refractivity contribution in [1.29, 1.82) is 0 Å². The number of hydrogen-bond acceptors (Lipinski definition) is 1. The van der Waals surface area contributed by atoms with E-state index >= 15 is 0 Å². The molecule has 1 rings (SSSR count). The first-order chi connectivity index (χ1) is 7.62. The van der Waals surface area contributed by atoms with Gasteiger partial charge in [0.1, 0.15) is 0 Å². The minimum atomic E-state index is 0.296. The van der Waals surface area contributed by atoms with Gasteiger partial charge in [0.25, 0.3) is 0 Å². The zero-order chi connectivity index (χ0) is 12.0. The van der Waals surface area contributed by atoms with E-state index in [-0.39, 0.29) is 0 Å². The van der Waals surface area contributed by atoms with Crippen molar-refractivity contribution in [2.45, 2.75) is 40.0 Å². The number of nitrogens with zero attached hydrogens (tertiary/aromatic N) is 1. The van der Waals surface area contributed by atoms with E-state index in [0.717, 1.165) is 32.5 Å². The van der Waals surface area contributed by atoms with Crippen molar-refractivity contribution in [3.63, 3.8) is 0 Å². The van der Waals surface area contributed by atoms with Crippen molar-refractivity contribution in [1.82, 2.24) is 0 Å². The van der Waals surface area contributed by atoms with E-state index < -0.39 is 0 Å². The van der Waals surface area contributed by atoms with E-state index in [1.54, 1.807) is 0 Å². The summed E-state index contributed by atoms with van der Waals surface area (Å²) < 4.78 is 4.53. The summed E-state index contributed by atoms with van der Waals surface area (Å²) in [6.07, 6.45) is 3.54. The summed E-state index contributed by atoms with van der Waals surface area (Å²) in [5.74, 6) is 0. The fourth-order valence-electron chi connectivity index (χ4n) is 1.83. The molecule has 0 aliphatic heterocycles. The molecule has 0 amide bonds. The van der Waals surface area contributed by atoms with Crippen LogP contribution in [0, 0.1) is 5.41 Å². The monoisotopic (exact) mass is 407 g/mol. The molecule has 1 nitrogen and oxygen atoms in total. The molecule has 1 aromatic carbocycles. The Hall–Kier alpha value is -0.188. The average Bonchev–Trinajstić information content (AvgIpc) is 2.36. The van der Waals surface area contributed by atoms with E-state index in [1.807, 2.05) is 0 Å². The zero-order valence-electron chi connectivity index (χ0n) is 10.5. The van der Waals surface area contributed by atoms with Crippen LogP contribution in [-0.2, 0) is 6.42 Å². The summed E-state index contributed by atoms with van der Waals surface area (Å²) in [7, 11) is 0. The van der Waals surface area contributed by atoms with Crippen LogP contribution in [0.2, 0.25) is 0 Å². The van der Waals surface area contributed by atoms with Gasteiger partial charge in [-0.3, -0.25) is 0 Å². The van der Waals surface area contributed by atoms with Gasteiger partial charge in [0.05, 0.1) is 0 Å². The van der Waals surface area contributed by atoms with Gasteiger partial charge >= 0.3 is 116 Å². The number of rotatable bonds is 5. The predicted molar refractivity (Wildman–Crippen MR) is 72.0 cm³/mol. The molecule has 0 saturated carbocycles. The molecule has 0 spiro atoms. The van der Waals surface area contributed by atoms with Crippen LogP contribution in [-0.4, -0.2) is 31.8 Å².